The van der Waals surface area contributed by atoms with E-state index in [0.29, 0.717) is 26.1 Å². The topological polar surface area (TPSA) is 153 Å². The van der Waals surface area contributed by atoms with Gasteiger partial charge in [0.1, 0.15) is 29.8 Å². The second-order valence-corrected chi connectivity index (χ2v) is 13.9. The molecule has 3 N–H and O–H groups in total. The quantitative estimate of drug-likeness (QED) is 0.215. The van der Waals surface area contributed by atoms with Crippen LogP contribution in [-0.4, -0.2) is 83.0 Å². The Morgan fingerprint density at radius 3 is 2.52 bits per heavy atom. The van der Waals surface area contributed by atoms with Crippen LogP contribution in [0.25, 0.3) is 11.3 Å². The fraction of sp³-hybridized carbons (Fsp3) is 0.333. The lowest BCUT2D eigenvalue weighted by molar-refractivity contribution is -0.223. The number of likely N-dealkylation sites (tertiary alicyclic amines) is 2. The number of pyridine rings is 1. The largest absolute Gasteiger partial charge is 0.437 e. The molecule has 3 atom stereocenters. The molecule has 0 unspecified atom stereocenters. The molecule has 3 aromatic heterocycles. The predicted octanol–water partition coefficient (Wildman–Crippen LogP) is 4.82. The number of nitrogens with two attached hydrogens (primary N) is 1. The Hall–Kier alpha value is -5.67. The molecule has 0 aliphatic carbocycles. The van der Waals surface area contributed by atoms with Crippen LogP contribution < -0.4 is 16.0 Å². The first-order valence-corrected chi connectivity index (χ1v) is 17.6. The number of rotatable bonds is 9. The minimum absolute atomic E-state index is 0.145. The number of hydrogen-bond donors (Lipinski definition) is 2. The molecule has 12 nitrogen and oxygen atoms in total. The van der Waals surface area contributed by atoms with E-state index in [1.54, 1.807) is 6.20 Å². The van der Waals surface area contributed by atoms with Gasteiger partial charge in [0.15, 0.2) is 5.69 Å². The molecular formula is C39H39F3N8O4. The third-order valence-corrected chi connectivity index (χ3v) is 10.2. The number of carbonyl (C=O) groups excluding carboxylic acids is 1. The van der Waals surface area contributed by atoms with E-state index < -0.39 is 59.9 Å². The van der Waals surface area contributed by atoms with E-state index in [1.807, 2.05) is 55.5 Å². The molecule has 280 valence electrons. The number of piperidine rings is 2. The van der Waals surface area contributed by atoms with E-state index in [9.17, 15) is 19.1 Å². The highest BCUT2D eigenvalue weighted by Gasteiger charge is 2.57. The summed E-state index contributed by atoms with van der Waals surface area (Å²) in [5, 5.41) is 11.3. The fourth-order valence-electron chi connectivity index (χ4n) is 7.15. The van der Waals surface area contributed by atoms with Crippen molar-refractivity contribution in [3.05, 3.63) is 125 Å². The number of ether oxygens (including phenoxy) is 1. The molecule has 54 heavy (non-hydrogen) atoms. The molecule has 2 saturated heterocycles. The van der Waals surface area contributed by atoms with Crippen LogP contribution in [0.15, 0.2) is 96.4 Å². The van der Waals surface area contributed by atoms with Crippen molar-refractivity contribution in [2.75, 3.05) is 31.9 Å². The third-order valence-electron chi connectivity index (χ3n) is 10.2. The second-order valence-electron chi connectivity index (χ2n) is 13.9. The average Bonchev–Trinajstić information content (AvgIpc) is 3.17. The van der Waals surface area contributed by atoms with Gasteiger partial charge in [-0.25, -0.2) is 28.1 Å². The van der Waals surface area contributed by atoms with Gasteiger partial charge in [0.2, 0.25) is 11.8 Å². The number of nitrogen functional groups attached to an aromatic ring is 1. The van der Waals surface area contributed by atoms with Gasteiger partial charge < -0.3 is 20.5 Å². The SMILES string of the molecule is Cc1ccc(-c2cc(CN3CC[C@@H](C(=O)N4CC[C@](O)(Cn5cnc(Oc6ccc(F)cc6)c(N)c5=O)C(F)(F)C4)[C@H](c4ccccc4)C3)ncn2)cn1. The Balaban J connectivity index is 1.04. The van der Waals surface area contributed by atoms with Gasteiger partial charge >= 0.3 is 0 Å². The number of nitrogens with zero attached hydrogens (tertiary/aromatic N) is 7. The van der Waals surface area contributed by atoms with Crippen molar-refractivity contribution in [3.8, 4) is 22.9 Å². The van der Waals surface area contributed by atoms with Crippen molar-refractivity contribution in [3.63, 3.8) is 0 Å². The van der Waals surface area contributed by atoms with E-state index in [4.69, 9.17) is 10.5 Å². The summed E-state index contributed by atoms with van der Waals surface area (Å²) in [6, 6.07) is 20.3. The maximum atomic E-state index is 16.0. The number of carbonyl (C=O) groups is 1. The molecule has 5 heterocycles. The van der Waals surface area contributed by atoms with Crippen LogP contribution in [0.5, 0.6) is 11.6 Å². The minimum Gasteiger partial charge on any atom is -0.437 e. The number of amides is 1. The molecule has 15 heteroatoms. The van der Waals surface area contributed by atoms with E-state index in [1.165, 1.54) is 18.5 Å². The maximum Gasteiger partial charge on any atom is 0.295 e. The number of aliphatic hydroxyl groups is 1. The molecule has 2 aliphatic rings. The lowest BCUT2D eigenvalue weighted by Gasteiger charge is -2.46. The van der Waals surface area contributed by atoms with Crippen LogP contribution in [0.4, 0.5) is 18.9 Å². The first-order valence-electron chi connectivity index (χ1n) is 17.6. The number of halogens is 3. The summed E-state index contributed by atoms with van der Waals surface area (Å²) in [5.41, 5.74) is 6.16. The summed E-state index contributed by atoms with van der Waals surface area (Å²) in [5.74, 6) is -5.68. The lowest BCUT2D eigenvalue weighted by Crippen LogP contribution is -2.64. The minimum atomic E-state index is -3.78. The Bertz CT molecular complexity index is 2170. The first-order chi connectivity index (χ1) is 25.9. The van der Waals surface area contributed by atoms with Gasteiger partial charge in [-0.3, -0.25) is 24.0 Å². The normalized spacial score (nSPS) is 21.5. The molecular weight excluding hydrogens is 701 g/mol. The zero-order chi connectivity index (χ0) is 38.0. The molecule has 2 aliphatic heterocycles. The van der Waals surface area contributed by atoms with Gasteiger partial charge in [-0.1, -0.05) is 30.3 Å². The number of aromatic nitrogens is 5. The second kappa shape index (κ2) is 15.0. The van der Waals surface area contributed by atoms with Crippen LogP contribution in [-0.2, 0) is 17.9 Å². The summed E-state index contributed by atoms with van der Waals surface area (Å²) >= 11 is 0. The van der Waals surface area contributed by atoms with E-state index in [-0.39, 0.29) is 24.1 Å². The van der Waals surface area contributed by atoms with Crippen molar-refractivity contribution in [1.82, 2.24) is 34.3 Å². The molecule has 1 amide bonds. The van der Waals surface area contributed by atoms with Crippen LogP contribution in [0.2, 0.25) is 0 Å². The van der Waals surface area contributed by atoms with Crippen LogP contribution in [0, 0.1) is 18.7 Å². The summed E-state index contributed by atoms with van der Waals surface area (Å²) in [6.07, 6.45) is 4.19. The molecule has 0 bridgehead atoms. The van der Waals surface area contributed by atoms with Gasteiger partial charge in [0.05, 0.1) is 24.5 Å². The highest BCUT2D eigenvalue weighted by Crippen LogP contribution is 2.41. The van der Waals surface area contributed by atoms with Crippen molar-refractivity contribution in [1.29, 1.82) is 0 Å². The molecule has 7 rings (SSSR count). The lowest BCUT2D eigenvalue weighted by atomic mass is 9.78. The monoisotopic (exact) mass is 740 g/mol. The van der Waals surface area contributed by atoms with Gasteiger partial charge in [-0.2, -0.15) is 0 Å². The van der Waals surface area contributed by atoms with Crippen LogP contribution in [0.1, 0.15) is 35.7 Å². The summed E-state index contributed by atoms with van der Waals surface area (Å²) in [6.45, 7) is 1.48. The van der Waals surface area contributed by atoms with Crippen molar-refractivity contribution in [2.45, 2.75) is 50.3 Å². The standard InChI is InChI=1S/C39H39F3N8O4/c1-25-7-8-27(18-44-25)33-17-29(45-23-46-33)19-48-15-13-31(32(20-48)26-5-3-2-4-6-26)36(51)49-16-14-38(53,39(41,42)22-49)21-50-24-47-35(34(43)37(50)52)54-30-11-9-28(40)10-12-30/h2-12,17-18,23-24,31-32,53H,13-16,19-22,43H2,1H3/t31-,32+,38+/m1/s1. The summed E-state index contributed by atoms with van der Waals surface area (Å²) in [4.78, 5) is 47.8. The van der Waals surface area contributed by atoms with Crippen LogP contribution in [0.3, 0.4) is 0 Å². The number of benzene rings is 2. The number of anilines is 1. The number of alkyl halides is 2. The number of hydrogen-bond acceptors (Lipinski definition) is 10. The Morgan fingerprint density at radius 1 is 1.02 bits per heavy atom. The van der Waals surface area contributed by atoms with Gasteiger partial charge in [0, 0.05) is 55.3 Å². The van der Waals surface area contributed by atoms with Crippen LogP contribution >= 0.6 is 0 Å². The Morgan fingerprint density at radius 2 is 1.80 bits per heavy atom. The molecule has 0 saturated carbocycles. The summed E-state index contributed by atoms with van der Waals surface area (Å²) < 4.78 is 51.5. The third kappa shape index (κ3) is 7.68. The first kappa shape index (κ1) is 36.7. The molecule has 2 fully saturated rings. The average molecular weight is 741 g/mol. The zero-order valence-corrected chi connectivity index (χ0v) is 29.5. The van der Waals surface area contributed by atoms with E-state index in [0.717, 1.165) is 56.1 Å². The van der Waals surface area contributed by atoms with Crippen molar-refractivity contribution >= 4 is 11.6 Å². The van der Waals surface area contributed by atoms with E-state index in [2.05, 4.69) is 24.8 Å². The van der Waals surface area contributed by atoms with Crippen molar-refractivity contribution in [2.24, 2.45) is 5.92 Å². The fourth-order valence-corrected chi connectivity index (χ4v) is 7.15. The maximum absolute atomic E-state index is 16.0. The van der Waals surface area contributed by atoms with Crippen molar-refractivity contribution < 1.29 is 27.8 Å². The smallest absolute Gasteiger partial charge is 0.295 e. The molecule has 2 aromatic carbocycles. The zero-order valence-electron chi connectivity index (χ0n) is 29.5. The van der Waals surface area contributed by atoms with Gasteiger partial charge in [-0.15, -0.1) is 0 Å². The van der Waals surface area contributed by atoms with E-state index >= 15 is 8.78 Å². The molecule has 0 spiro atoms. The summed E-state index contributed by atoms with van der Waals surface area (Å²) in [7, 11) is 0. The predicted molar refractivity (Wildman–Crippen MR) is 193 cm³/mol. The Kier molecular flexibility index (Phi) is 10.2. The molecule has 5 aromatic rings. The number of aryl methyl sites for hydroxylation is 1. The van der Waals surface area contributed by atoms with Gasteiger partial charge in [-0.05, 0) is 67.9 Å². The highest BCUT2D eigenvalue weighted by molar-refractivity contribution is 5.80. The van der Waals surface area contributed by atoms with Gasteiger partial charge in [0.25, 0.3) is 11.5 Å². The Labute approximate surface area is 309 Å². The molecule has 0 radical (unpaired) electrons. The highest BCUT2D eigenvalue weighted by atomic mass is 19.3.